The molecule has 3 N–H and O–H groups in total. The number of aliphatic hydroxyl groups is 3. The van der Waals surface area contributed by atoms with Crippen LogP contribution >= 0.6 is 0 Å². The van der Waals surface area contributed by atoms with Gasteiger partial charge in [-0.25, -0.2) is 4.79 Å². The van der Waals surface area contributed by atoms with Crippen LogP contribution in [0.4, 0.5) is 0 Å². The van der Waals surface area contributed by atoms with Gasteiger partial charge in [0.05, 0.1) is 18.0 Å². The molecule has 0 radical (unpaired) electrons. The minimum absolute atomic E-state index is 0.153. The number of Topliss-reactive ketones (excluding diaryl/α,β-unsaturated/α-hetero) is 1. The van der Waals surface area contributed by atoms with E-state index in [1.54, 1.807) is 6.07 Å². The summed E-state index contributed by atoms with van der Waals surface area (Å²) in [6.07, 6.45) is 4.71. The van der Waals surface area contributed by atoms with Gasteiger partial charge in [-0.1, -0.05) is 13.8 Å². The lowest BCUT2D eigenvalue weighted by molar-refractivity contribution is -0.230. The summed E-state index contributed by atoms with van der Waals surface area (Å²) in [5, 5.41) is 33.7. The molecule has 1 aromatic heterocycles. The summed E-state index contributed by atoms with van der Waals surface area (Å²) in [7, 11) is 0. The van der Waals surface area contributed by atoms with Gasteiger partial charge in [-0.15, -0.1) is 0 Å². The van der Waals surface area contributed by atoms with E-state index >= 15 is 0 Å². The van der Waals surface area contributed by atoms with Crippen molar-refractivity contribution < 1.29 is 24.5 Å². The third-order valence-corrected chi connectivity index (χ3v) is 9.80. The smallest absolute Gasteiger partial charge is 0.335 e. The van der Waals surface area contributed by atoms with Gasteiger partial charge in [-0.3, -0.25) is 4.79 Å². The zero-order valence-electron chi connectivity index (χ0n) is 17.7. The fraction of sp³-hybridized carbons (Fsp3) is 0.750. The molecule has 164 valence electrons. The first kappa shape index (κ1) is 20.4. The summed E-state index contributed by atoms with van der Waals surface area (Å²) in [5.74, 6) is -0.752. The molecule has 30 heavy (non-hydrogen) atoms. The number of hydrogen-bond acceptors (Lipinski definition) is 6. The van der Waals surface area contributed by atoms with E-state index in [4.69, 9.17) is 4.42 Å². The molecule has 5 rings (SSSR count). The summed E-state index contributed by atoms with van der Waals surface area (Å²) in [6.45, 7) is 3.98. The molecule has 1 heterocycles. The van der Waals surface area contributed by atoms with Crippen molar-refractivity contribution in [3.63, 3.8) is 0 Å². The van der Waals surface area contributed by atoms with E-state index in [1.165, 1.54) is 12.3 Å². The van der Waals surface area contributed by atoms with Crippen LogP contribution in [0.25, 0.3) is 0 Å². The largest absolute Gasteiger partial charge is 0.431 e. The van der Waals surface area contributed by atoms with Crippen molar-refractivity contribution >= 4 is 5.78 Å². The van der Waals surface area contributed by atoms with Crippen LogP contribution in [-0.4, -0.2) is 38.9 Å². The van der Waals surface area contributed by atoms with Gasteiger partial charge in [0.1, 0.15) is 6.10 Å². The van der Waals surface area contributed by atoms with E-state index in [2.05, 4.69) is 6.92 Å². The third-order valence-electron chi connectivity index (χ3n) is 9.80. The fourth-order valence-electron chi connectivity index (χ4n) is 8.09. The number of fused-ring (bicyclic) bond motifs is 5. The molecule has 0 aliphatic heterocycles. The highest BCUT2D eigenvalue weighted by atomic mass is 16.4. The second-order valence-corrected chi connectivity index (χ2v) is 10.8. The van der Waals surface area contributed by atoms with Crippen LogP contribution in [0.5, 0.6) is 0 Å². The van der Waals surface area contributed by atoms with Crippen LogP contribution in [0.3, 0.4) is 0 Å². The Morgan fingerprint density at radius 1 is 1.03 bits per heavy atom. The van der Waals surface area contributed by atoms with Crippen LogP contribution in [0.15, 0.2) is 27.6 Å². The summed E-state index contributed by atoms with van der Waals surface area (Å²) in [4.78, 5) is 25.1. The predicted octanol–water partition coefficient (Wildman–Crippen LogP) is 2.39. The molecule has 1 aromatic rings. The van der Waals surface area contributed by atoms with Gasteiger partial charge in [0.25, 0.3) is 0 Å². The van der Waals surface area contributed by atoms with Crippen LogP contribution in [0.2, 0.25) is 0 Å². The SMILES string of the molecule is C[C@@]12CC[C@@H](O)C[C@@H]1CC[C@H]1[C@H]2C(=O)[C@@H](O)[C@@]2(C)[C@H](c3ccc(=O)oc3)CC[C@@]12O. The fourth-order valence-corrected chi connectivity index (χ4v) is 8.09. The highest BCUT2D eigenvalue weighted by Crippen LogP contribution is 2.69. The molecule has 0 amide bonds. The van der Waals surface area contributed by atoms with Crippen LogP contribution < -0.4 is 5.63 Å². The molecular formula is C24H32O6. The predicted molar refractivity (Wildman–Crippen MR) is 109 cm³/mol. The van der Waals surface area contributed by atoms with E-state index < -0.39 is 22.7 Å². The maximum Gasteiger partial charge on any atom is 0.335 e. The molecule has 0 spiro atoms. The Hall–Kier alpha value is -1.50. The number of ketones is 1. The molecule has 0 saturated heterocycles. The summed E-state index contributed by atoms with van der Waals surface area (Å²) in [5.41, 5.74) is -2.17. The van der Waals surface area contributed by atoms with Crippen molar-refractivity contribution in [1.82, 2.24) is 0 Å². The molecule has 4 fully saturated rings. The summed E-state index contributed by atoms with van der Waals surface area (Å²) in [6, 6.07) is 3.05. The third kappa shape index (κ3) is 2.41. The molecule has 0 unspecified atom stereocenters. The van der Waals surface area contributed by atoms with E-state index in [9.17, 15) is 24.9 Å². The van der Waals surface area contributed by atoms with Crippen LogP contribution in [0, 0.1) is 28.6 Å². The minimum atomic E-state index is -1.27. The first-order chi connectivity index (χ1) is 14.1. The van der Waals surface area contributed by atoms with Gasteiger partial charge in [0.2, 0.25) is 0 Å². The van der Waals surface area contributed by atoms with E-state index in [-0.39, 0.29) is 41.0 Å². The van der Waals surface area contributed by atoms with Crippen molar-refractivity contribution in [3.05, 3.63) is 34.4 Å². The Morgan fingerprint density at radius 2 is 1.80 bits per heavy atom. The van der Waals surface area contributed by atoms with Gasteiger partial charge in [-0.2, -0.15) is 0 Å². The van der Waals surface area contributed by atoms with E-state index in [0.29, 0.717) is 25.7 Å². The van der Waals surface area contributed by atoms with Gasteiger partial charge in [0.15, 0.2) is 5.78 Å². The van der Waals surface area contributed by atoms with Gasteiger partial charge >= 0.3 is 5.63 Å². The first-order valence-corrected chi connectivity index (χ1v) is 11.3. The zero-order chi connectivity index (χ0) is 21.5. The number of aliphatic hydroxyl groups excluding tert-OH is 2. The summed E-state index contributed by atoms with van der Waals surface area (Å²) >= 11 is 0. The maximum absolute atomic E-state index is 13.7. The normalized spacial score (nSPS) is 50.5. The van der Waals surface area contributed by atoms with E-state index in [1.807, 2.05) is 6.92 Å². The molecule has 9 atom stereocenters. The lowest BCUT2D eigenvalue weighted by atomic mass is 9.42. The van der Waals surface area contributed by atoms with Gasteiger partial charge < -0.3 is 19.7 Å². The Labute approximate surface area is 176 Å². The number of carbonyl (C=O) groups is 1. The molecule has 4 aliphatic rings. The minimum Gasteiger partial charge on any atom is -0.431 e. The summed E-state index contributed by atoms with van der Waals surface area (Å²) < 4.78 is 5.07. The van der Waals surface area contributed by atoms with E-state index in [0.717, 1.165) is 24.8 Å². The van der Waals surface area contributed by atoms with Crippen LogP contribution in [-0.2, 0) is 4.79 Å². The number of carbonyl (C=O) groups excluding carboxylic acids is 1. The maximum atomic E-state index is 13.7. The Bertz CT molecular complexity index is 904. The Morgan fingerprint density at radius 3 is 2.50 bits per heavy atom. The highest BCUT2D eigenvalue weighted by molar-refractivity contribution is 5.89. The zero-order valence-corrected chi connectivity index (χ0v) is 17.7. The average molecular weight is 417 g/mol. The van der Waals surface area contributed by atoms with Gasteiger partial charge in [-0.05, 0) is 79.7 Å². The molecule has 6 nitrogen and oxygen atoms in total. The monoisotopic (exact) mass is 416 g/mol. The molecule has 6 heteroatoms. The Balaban J connectivity index is 1.58. The average Bonchev–Trinajstić information content (AvgIpc) is 3.00. The molecule has 4 aliphatic carbocycles. The van der Waals surface area contributed by atoms with Crippen LogP contribution in [0.1, 0.15) is 70.3 Å². The molecule has 0 bridgehead atoms. The lowest BCUT2D eigenvalue weighted by Crippen LogP contribution is -2.70. The van der Waals surface area contributed by atoms with Crippen molar-refractivity contribution in [1.29, 1.82) is 0 Å². The lowest BCUT2D eigenvalue weighted by Gasteiger charge is -2.63. The van der Waals surface area contributed by atoms with Crippen molar-refractivity contribution in [3.8, 4) is 0 Å². The van der Waals surface area contributed by atoms with Crippen molar-refractivity contribution in [2.24, 2.45) is 28.6 Å². The second-order valence-electron chi connectivity index (χ2n) is 10.8. The topological polar surface area (TPSA) is 108 Å². The second kappa shape index (κ2) is 6.50. The van der Waals surface area contributed by atoms with Crippen molar-refractivity contribution in [2.75, 3.05) is 0 Å². The first-order valence-electron chi connectivity index (χ1n) is 11.3. The Kier molecular flexibility index (Phi) is 4.42. The number of hydrogen-bond donors (Lipinski definition) is 3. The standard InChI is InChI=1S/C24H32O6/c1-22-9-7-15(25)11-14(22)4-5-17-19(22)20(27)21(28)23(2)16(8-10-24(17,23)29)13-3-6-18(26)30-12-13/h3,6,12,14-17,19,21,25,28-29H,4-5,7-11H2,1-2H3/t14-,15+,16-,17-,19-,21+,22+,23+,24+/m0/s1. The molecule has 4 saturated carbocycles. The molecular weight excluding hydrogens is 384 g/mol. The van der Waals surface area contributed by atoms with Gasteiger partial charge in [0, 0.05) is 17.4 Å². The molecule has 0 aromatic carbocycles. The highest BCUT2D eigenvalue weighted by Gasteiger charge is 2.73. The van der Waals surface area contributed by atoms with Crippen molar-refractivity contribution in [2.45, 2.75) is 82.5 Å². The number of rotatable bonds is 1. The quantitative estimate of drug-likeness (QED) is 0.649.